The summed E-state index contributed by atoms with van der Waals surface area (Å²) in [4.78, 5) is 24.6. The Kier molecular flexibility index (Phi) is 5.55. The summed E-state index contributed by atoms with van der Waals surface area (Å²) in [6.45, 7) is 5.06. The first-order valence-electron chi connectivity index (χ1n) is 7.76. The fraction of sp³-hybridized carbons (Fsp3) is 0.529. The van der Waals surface area contributed by atoms with Crippen molar-refractivity contribution in [3.8, 4) is 0 Å². The van der Waals surface area contributed by atoms with Crippen molar-refractivity contribution in [1.29, 1.82) is 0 Å². The van der Waals surface area contributed by atoms with Crippen LogP contribution in [0.5, 0.6) is 0 Å². The number of carbonyl (C=O) groups is 2. The molecule has 0 aromatic heterocycles. The maximum absolute atomic E-state index is 11.9. The van der Waals surface area contributed by atoms with Gasteiger partial charge >= 0.3 is 5.97 Å². The zero-order valence-corrected chi connectivity index (χ0v) is 13.2. The highest BCUT2D eigenvalue weighted by molar-refractivity contribution is 5.82. The number of carbonyl (C=O) groups excluding carboxylic acids is 1. The highest BCUT2D eigenvalue weighted by Gasteiger charge is 2.30. The summed E-state index contributed by atoms with van der Waals surface area (Å²) in [5, 5.41) is 11.1. The Morgan fingerprint density at radius 2 is 2.00 bits per heavy atom. The molecule has 1 amide bonds. The number of hydrogen-bond donors (Lipinski definition) is 2. The van der Waals surface area contributed by atoms with Crippen LogP contribution in [0.3, 0.4) is 0 Å². The third-order valence-electron chi connectivity index (χ3n) is 4.24. The fourth-order valence-corrected chi connectivity index (χ4v) is 3.17. The van der Waals surface area contributed by atoms with Gasteiger partial charge in [0.05, 0.1) is 6.54 Å². The summed E-state index contributed by atoms with van der Waals surface area (Å²) in [7, 11) is 0. The Morgan fingerprint density at radius 1 is 1.32 bits per heavy atom. The number of benzene rings is 1. The van der Waals surface area contributed by atoms with Crippen LogP contribution in [0.15, 0.2) is 24.3 Å². The normalized spacial score (nSPS) is 22.3. The van der Waals surface area contributed by atoms with Crippen LogP contribution in [0.1, 0.15) is 36.9 Å². The van der Waals surface area contributed by atoms with Crippen molar-refractivity contribution in [3.05, 3.63) is 35.4 Å². The lowest BCUT2D eigenvalue weighted by Gasteiger charge is -2.40. The van der Waals surface area contributed by atoms with Crippen LogP contribution < -0.4 is 5.32 Å². The van der Waals surface area contributed by atoms with Crippen LogP contribution in [0.2, 0.25) is 0 Å². The molecule has 1 aliphatic heterocycles. The minimum Gasteiger partial charge on any atom is -0.480 e. The third-order valence-corrected chi connectivity index (χ3v) is 4.24. The molecule has 120 valence electrons. The van der Waals surface area contributed by atoms with Crippen LogP contribution in [0.4, 0.5) is 0 Å². The zero-order chi connectivity index (χ0) is 16.1. The molecule has 1 saturated heterocycles. The van der Waals surface area contributed by atoms with Gasteiger partial charge in [-0.1, -0.05) is 36.8 Å². The molecular formula is C17H24N2O3. The van der Waals surface area contributed by atoms with Gasteiger partial charge in [-0.05, 0) is 37.8 Å². The molecule has 0 radical (unpaired) electrons. The van der Waals surface area contributed by atoms with Gasteiger partial charge in [-0.25, -0.2) is 0 Å². The molecule has 1 aromatic rings. The second-order valence-electron chi connectivity index (χ2n) is 6.12. The second-order valence-corrected chi connectivity index (χ2v) is 6.12. The maximum atomic E-state index is 11.9. The molecule has 5 heteroatoms. The third kappa shape index (κ3) is 4.31. The Hall–Kier alpha value is -1.88. The molecule has 0 unspecified atom stereocenters. The smallest absolute Gasteiger partial charge is 0.322 e. The van der Waals surface area contributed by atoms with Crippen molar-refractivity contribution in [2.24, 2.45) is 5.92 Å². The first kappa shape index (κ1) is 16.5. The number of nitrogens with zero attached hydrogens (tertiary/aromatic N) is 1. The highest BCUT2D eigenvalue weighted by atomic mass is 16.4. The quantitative estimate of drug-likeness (QED) is 0.872. The number of hydrogen-bond acceptors (Lipinski definition) is 3. The Balaban J connectivity index is 2.08. The van der Waals surface area contributed by atoms with Crippen molar-refractivity contribution in [1.82, 2.24) is 10.2 Å². The number of carboxylic acids is 1. The summed E-state index contributed by atoms with van der Waals surface area (Å²) < 4.78 is 0. The zero-order valence-electron chi connectivity index (χ0n) is 13.2. The Labute approximate surface area is 131 Å². The number of aliphatic carboxylic acids is 1. The molecule has 5 nitrogen and oxygen atoms in total. The molecule has 2 atom stereocenters. The summed E-state index contributed by atoms with van der Waals surface area (Å²) >= 11 is 0. The average Bonchev–Trinajstić information content (AvgIpc) is 2.47. The summed E-state index contributed by atoms with van der Waals surface area (Å²) in [6, 6.07) is 8.66. The molecule has 0 spiro atoms. The molecule has 1 aromatic carbocycles. The van der Waals surface area contributed by atoms with Gasteiger partial charge in [0, 0.05) is 6.04 Å². The Morgan fingerprint density at radius 3 is 2.64 bits per heavy atom. The first-order chi connectivity index (χ1) is 10.5. The summed E-state index contributed by atoms with van der Waals surface area (Å²) in [6.07, 6.45) is 2.21. The van der Waals surface area contributed by atoms with Crippen molar-refractivity contribution in [2.75, 3.05) is 19.6 Å². The Bertz CT molecular complexity index is 527. The van der Waals surface area contributed by atoms with Gasteiger partial charge < -0.3 is 10.4 Å². The van der Waals surface area contributed by atoms with Gasteiger partial charge in [-0.2, -0.15) is 0 Å². The largest absolute Gasteiger partial charge is 0.480 e. The second kappa shape index (κ2) is 7.40. The van der Waals surface area contributed by atoms with Crippen molar-refractivity contribution >= 4 is 11.9 Å². The molecular weight excluding hydrogens is 280 g/mol. The highest BCUT2D eigenvalue weighted by Crippen LogP contribution is 2.35. The molecule has 2 N–H and O–H groups in total. The molecule has 0 bridgehead atoms. The molecule has 1 heterocycles. The van der Waals surface area contributed by atoms with Crippen LogP contribution in [-0.2, 0) is 9.59 Å². The molecule has 0 aliphatic carbocycles. The van der Waals surface area contributed by atoms with Gasteiger partial charge in [0.2, 0.25) is 5.91 Å². The topological polar surface area (TPSA) is 69.6 Å². The fourth-order valence-electron chi connectivity index (χ4n) is 3.17. The molecule has 0 saturated carbocycles. The van der Waals surface area contributed by atoms with Crippen molar-refractivity contribution < 1.29 is 14.7 Å². The standard InChI is InChI=1S/C17H24N2O3/c1-12-5-7-14(8-6-12)17-13(2)4-3-9-19(17)11-15(20)18-10-16(21)22/h5-8,13,17H,3-4,9-11H2,1-2H3,(H,18,20)(H,21,22)/t13-,17-/m0/s1. The van der Waals surface area contributed by atoms with Gasteiger partial charge in [-0.15, -0.1) is 0 Å². The predicted molar refractivity (Wildman–Crippen MR) is 84.5 cm³/mol. The van der Waals surface area contributed by atoms with Crippen LogP contribution >= 0.6 is 0 Å². The first-order valence-corrected chi connectivity index (χ1v) is 7.76. The van der Waals surface area contributed by atoms with E-state index in [1.165, 1.54) is 11.1 Å². The lowest BCUT2D eigenvalue weighted by atomic mass is 9.85. The lowest BCUT2D eigenvalue weighted by Crippen LogP contribution is -2.45. The van der Waals surface area contributed by atoms with E-state index < -0.39 is 5.97 Å². The number of aryl methyl sites for hydroxylation is 1. The number of carboxylic acid groups (broad SMARTS) is 1. The van der Waals surface area contributed by atoms with E-state index in [0.717, 1.165) is 19.4 Å². The van der Waals surface area contributed by atoms with E-state index in [2.05, 4.69) is 48.3 Å². The van der Waals surface area contributed by atoms with Crippen LogP contribution in [0, 0.1) is 12.8 Å². The number of piperidine rings is 1. The molecule has 22 heavy (non-hydrogen) atoms. The van der Waals surface area contributed by atoms with E-state index in [0.29, 0.717) is 5.92 Å². The number of amides is 1. The average molecular weight is 304 g/mol. The minimum absolute atomic E-state index is 0.213. The van der Waals surface area contributed by atoms with Crippen LogP contribution in [-0.4, -0.2) is 41.5 Å². The monoisotopic (exact) mass is 304 g/mol. The molecule has 1 aliphatic rings. The number of nitrogens with one attached hydrogen (secondary N) is 1. The lowest BCUT2D eigenvalue weighted by molar-refractivity contribution is -0.138. The number of likely N-dealkylation sites (tertiary alicyclic amines) is 1. The van der Waals surface area contributed by atoms with Gasteiger partial charge in [0.15, 0.2) is 0 Å². The van der Waals surface area contributed by atoms with Crippen LogP contribution in [0.25, 0.3) is 0 Å². The van der Waals surface area contributed by atoms with Crippen molar-refractivity contribution in [2.45, 2.75) is 32.7 Å². The molecule has 1 fully saturated rings. The van der Waals surface area contributed by atoms with E-state index >= 15 is 0 Å². The SMILES string of the molecule is Cc1ccc([C@@H]2[C@@H](C)CCCN2CC(=O)NCC(=O)O)cc1. The van der Waals surface area contributed by atoms with E-state index in [1.807, 2.05) is 0 Å². The summed E-state index contributed by atoms with van der Waals surface area (Å²) in [5.41, 5.74) is 2.45. The predicted octanol–water partition coefficient (Wildman–Crippen LogP) is 1.97. The van der Waals surface area contributed by atoms with Gasteiger partial charge in [-0.3, -0.25) is 14.5 Å². The van der Waals surface area contributed by atoms with E-state index in [4.69, 9.17) is 5.11 Å². The van der Waals surface area contributed by atoms with Gasteiger partial charge in [0.1, 0.15) is 6.54 Å². The summed E-state index contributed by atoms with van der Waals surface area (Å²) in [5.74, 6) is -0.771. The maximum Gasteiger partial charge on any atom is 0.322 e. The van der Waals surface area contributed by atoms with Gasteiger partial charge in [0.25, 0.3) is 0 Å². The molecule has 2 rings (SSSR count). The minimum atomic E-state index is -1.02. The van der Waals surface area contributed by atoms with E-state index in [-0.39, 0.29) is 25.0 Å². The van der Waals surface area contributed by atoms with Crippen molar-refractivity contribution in [3.63, 3.8) is 0 Å². The number of rotatable bonds is 5. The van der Waals surface area contributed by atoms with E-state index in [1.54, 1.807) is 0 Å². The van der Waals surface area contributed by atoms with E-state index in [9.17, 15) is 9.59 Å².